The molecule has 4 N–H and O–H groups in total. The lowest BCUT2D eigenvalue weighted by molar-refractivity contribution is 0.581. The predicted molar refractivity (Wildman–Crippen MR) is 81.0 cm³/mol. The number of imidazole rings is 1. The number of nitrogen functional groups attached to an aromatic ring is 1. The van der Waals surface area contributed by atoms with E-state index in [1.165, 1.54) is 6.33 Å². The van der Waals surface area contributed by atoms with Crippen LogP contribution in [0.4, 0.5) is 5.69 Å². The molecule has 1 aromatic heterocycles. The third-order valence-electron chi connectivity index (χ3n) is 3.16. The summed E-state index contributed by atoms with van der Waals surface area (Å²) in [7, 11) is -3.61. The zero-order valence-corrected chi connectivity index (χ0v) is 11.9. The van der Waals surface area contributed by atoms with Crippen molar-refractivity contribution in [3.05, 3.63) is 54.6 Å². The van der Waals surface area contributed by atoms with Crippen LogP contribution in [0.1, 0.15) is 5.69 Å². The number of nitrogens with zero attached hydrogens (tertiary/aromatic N) is 1. The first kappa shape index (κ1) is 13.6. The van der Waals surface area contributed by atoms with Crippen molar-refractivity contribution in [1.29, 1.82) is 0 Å². The fourth-order valence-corrected chi connectivity index (χ4v) is 3.37. The molecule has 0 unspecified atom stereocenters. The monoisotopic (exact) mass is 302 g/mol. The van der Waals surface area contributed by atoms with Crippen molar-refractivity contribution in [1.82, 2.24) is 14.7 Å². The third kappa shape index (κ3) is 2.74. The van der Waals surface area contributed by atoms with Gasteiger partial charge in [0.15, 0.2) is 0 Å². The van der Waals surface area contributed by atoms with Gasteiger partial charge in [-0.1, -0.05) is 18.2 Å². The minimum atomic E-state index is -3.61. The highest BCUT2D eigenvalue weighted by molar-refractivity contribution is 7.89. The summed E-state index contributed by atoms with van der Waals surface area (Å²) in [6, 6.07) is 10.3. The molecule has 6 nitrogen and oxygen atoms in total. The summed E-state index contributed by atoms with van der Waals surface area (Å²) >= 11 is 0. The number of hydrogen-bond donors (Lipinski definition) is 3. The van der Waals surface area contributed by atoms with Gasteiger partial charge in [0.2, 0.25) is 10.0 Å². The van der Waals surface area contributed by atoms with Crippen molar-refractivity contribution < 1.29 is 8.42 Å². The number of aromatic amines is 1. The van der Waals surface area contributed by atoms with Gasteiger partial charge in [0, 0.05) is 23.0 Å². The predicted octanol–water partition coefficient (Wildman–Crippen LogP) is 1.62. The Balaban J connectivity index is 1.98. The van der Waals surface area contributed by atoms with Crippen molar-refractivity contribution >= 4 is 26.5 Å². The Kier molecular flexibility index (Phi) is 3.36. The molecule has 0 atom stereocenters. The Morgan fingerprint density at radius 3 is 2.86 bits per heavy atom. The van der Waals surface area contributed by atoms with Crippen LogP contribution in [0, 0.1) is 0 Å². The van der Waals surface area contributed by atoms with E-state index >= 15 is 0 Å². The van der Waals surface area contributed by atoms with E-state index in [1.54, 1.807) is 36.5 Å². The van der Waals surface area contributed by atoms with Crippen LogP contribution >= 0.6 is 0 Å². The summed E-state index contributed by atoms with van der Waals surface area (Å²) in [6.07, 6.45) is 3.08. The molecule has 0 saturated carbocycles. The van der Waals surface area contributed by atoms with E-state index in [4.69, 9.17) is 5.73 Å². The number of fused-ring (bicyclic) bond motifs is 1. The largest absolute Gasteiger partial charge is 0.399 e. The number of aromatic nitrogens is 2. The lowest BCUT2D eigenvalue weighted by Gasteiger charge is -2.09. The van der Waals surface area contributed by atoms with Gasteiger partial charge in [0.05, 0.1) is 17.8 Å². The molecule has 3 rings (SSSR count). The fraction of sp³-hybridized carbons (Fsp3) is 0.0714. The van der Waals surface area contributed by atoms with Crippen LogP contribution in [0.2, 0.25) is 0 Å². The zero-order valence-electron chi connectivity index (χ0n) is 11.1. The van der Waals surface area contributed by atoms with Gasteiger partial charge in [-0.2, -0.15) is 0 Å². The molecule has 3 aromatic rings. The van der Waals surface area contributed by atoms with E-state index in [-0.39, 0.29) is 11.4 Å². The minimum Gasteiger partial charge on any atom is -0.399 e. The topological polar surface area (TPSA) is 101 Å². The average Bonchev–Trinajstić information content (AvgIpc) is 2.97. The average molecular weight is 302 g/mol. The molecular formula is C14H14N4O2S. The van der Waals surface area contributed by atoms with Crippen LogP contribution in [0.15, 0.2) is 53.8 Å². The molecule has 0 amide bonds. The van der Waals surface area contributed by atoms with Crippen LogP contribution in [0.25, 0.3) is 10.8 Å². The summed E-state index contributed by atoms with van der Waals surface area (Å²) in [5, 5.41) is 1.43. The molecule has 1 heterocycles. The Labute approximate surface area is 122 Å². The van der Waals surface area contributed by atoms with E-state index in [2.05, 4.69) is 14.7 Å². The molecule has 7 heteroatoms. The van der Waals surface area contributed by atoms with E-state index in [0.717, 1.165) is 5.39 Å². The highest BCUT2D eigenvalue weighted by Gasteiger charge is 2.17. The molecule has 0 radical (unpaired) electrons. The summed E-state index contributed by atoms with van der Waals surface area (Å²) in [5.74, 6) is 0. The van der Waals surface area contributed by atoms with Crippen LogP contribution in [0.3, 0.4) is 0 Å². The first-order chi connectivity index (χ1) is 10.1. The van der Waals surface area contributed by atoms with Crippen molar-refractivity contribution in [2.24, 2.45) is 0 Å². The second kappa shape index (κ2) is 5.19. The normalized spacial score (nSPS) is 11.8. The van der Waals surface area contributed by atoms with Gasteiger partial charge in [-0.3, -0.25) is 0 Å². The second-order valence-corrected chi connectivity index (χ2v) is 6.37. The summed E-state index contributed by atoms with van der Waals surface area (Å²) in [4.78, 5) is 6.94. The number of sulfonamides is 1. The third-order valence-corrected chi connectivity index (χ3v) is 4.62. The van der Waals surface area contributed by atoms with Gasteiger partial charge in [-0.25, -0.2) is 18.1 Å². The SMILES string of the molecule is Nc1ccc2c(S(=O)(=O)NCc3cnc[nH]3)cccc2c1. The summed E-state index contributed by atoms with van der Waals surface area (Å²) in [6.45, 7) is 0.160. The molecule has 0 aliphatic rings. The molecule has 0 aliphatic heterocycles. The van der Waals surface area contributed by atoms with Gasteiger partial charge < -0.3 is 10.7 Å². The van der Waals surface area contributed by atoms with Gasteiger partial charge in [0.1, 0.15) is 0 Å². The first-order valence-corrected chi connectivity index (χ1v) is 7.80. The molecule has 0 fully saturated rings. The number of nitrogens with two attached hydrogens (primary N) is 1. The molecule has 0 saturated heterocycles. The van der Waals surface area contributed by atoms with Gasteiger partial charge in [-0.15, -0.1) is 0 Å². The smallest absolute Gasteiger partial charge is 0.241 e. The summed E-state index contributed by atoms with van der Waals surface area (Å²) < 4.78 is 27.5. The van der Waals surface area contributed by atoms with Crippen LogP contribution in [-0.2, 0) is 16.6 Å². The Hall–Kier alpha value is -2.38. The van der Waals surface area contributed by atoms with Crippen LogP contribution in [0.5, 0.6) is 0 Å². The van der Waals surface area contributed by atoms with E-state index in [1.807, 2.05) is 6.07 Å². The van der Waals surface area contributed by atoms with Gasteiger partial charge in [-0.05, 0) is 23.6 Å². The zero-order chi connectivity index (χ0) is 14.9. The number of benzene rings is 2. The number of hydrogen-bond acceptors (Lipinski definition) is 4. The quantitative estimate of drug-likeness (QED) is 0.637. The van der Waals surface area contributed by atoms with Crippen molar-refractivity contribution in [2.45, 2.75) is 11.4 Å². The second-order valence-electron chi connectivity index (χ2n) is 4.64. The van der Waals surface area contributed by atoms with Crippen molar-refractivity contribution in [3.63, 3.8) is 0 Å². The maximum atomic E-state index is 12.4. The highest BCUT2D eigenvalue weighted by atomic mass is 32.2. The number of anilines is 1. The molecular weight excluding hydrogens is 288 g/mol. The van der Waals surface area contributed by atoms with Crippen molar-refractivity contribution in [3.8, 4) is 0 Å². The number of rotatable bonds is 4. The summed E-state index contributed by atoms with van der Waals surface area (Å²) in [5.41, 5.74) is 7.03. The Bertz CT molecular complexity index is 873. The number of H-pyrrole nitrogens is 1. The number of nitrogens with one attached hydrogen (secondary N) is 2. The molecule has 0 aliphatic carbocycles. The molecule has 0 bridgehead atoms. The standard InChI is InChI=1S/C14H14N4O2S/c15-11-4-5-13-10(6-11)2-1-3-14(13)21(19,20)18-8-12-7-16-9-17-12/h1-7,9,18H,8,15H2,(H,16,17). The van der Waals surface area contributed by atoms with Gasteiger partial charge >= 0.3 is 0 Å². The lowest BCUT2D eigenvalue weighted by Crippen LogP contribution is -2.23. The fourth-order valence-electron chi connectivity index (χ4n) is 2.14. The Morgan fingerprint density at radius 1 is 1.24 bits per heavy atom. The minimum absolute atomic E-state index is 0.160. The van der Waals surface area contributed by atoms with E-state index in [9.17, 15) is 8.42 Å². The first-order valence-electron chi connectivity index (χ1n) is 6.31. The maximum absolute atomic E-state index is 12.4. The Morgan fingerprint density at radius 2 is 2.10 bits per heavy atom. The molecule has 108 valence electrons. The molecule has 0 spiro atoms. The highest BCUT2D eigenvalue weighted by Crippen LogP contribution is 2.24. The van der Waals surface area contributed by atoms with E-state index in [0.29, 0.717) is 16.8 Å². The van der Waals surface area contributed by atoms with Crippen LogP contribution in [-0.4, -0.2) is 18.4 Å². The van der Waals surface area contributed by atoms with Crippen molar-refractivity contribution in [2.75, 3.05) is 5.73 Å². The van der Waals surface area contributed by atoms with Gasteiger partial charge in [0.25, 0.3) is 0 Å². The van der Waals surface area contributed by atoms with E-state index < -0.39 is 10.0 Å². The molecule has 2 aromatic carbocycles. The lowest BCUT2D eigenvalue weighted by atomic mass is 10.1. The van der Waals surface area contributed by atoms with Crippen LogP contribution < -0.4 is 10.5 Å². The maximum Gasteiger partial charge on any atom is 0.241 e. The molecule has 21 heavy (non-hydrogen) atoms.